The van der Waals surface area contributed by atoms with Crippen LogP contribution in [0.25, 0.3) is 0 Å². The summed E-state index contributed by atoms with van der Waals surface area (Å²) in [4.78, 5) is 3.95. The van der Waals surface area contributed by atoms with E-state index in [1.165, 1.54) is 12.1 Å². The first-order chi connectivity index (χ1) is 9.20. The molecule has 0 saturated heterocycles. The Morgan fingerprint density at radius 1 is 1.16 bits per heavy atom. The lowest BCUT2D eigenvalue weighted by Gasteiger charge is -2.19. The number of hydrogen-bond acceptors (Lipinski definition) is 2. The number of halogens is 2. The Morgan fingerprint density at radius 3 is 2.58 bits per heavy atom. The van der Waals surface area contributed by atoms with E-state index in [0.29, 0.717) is 18.5 Å². The highest BCUT2D eigenvalue weighted by Gasteiger charge is 2.16. The standard InChI is InChI=1S/C15H16F2N2/c1-2-19-15(9-11-5-7-18-8-6-11)13-10-12(16)3-4-14(13)17/h3-8,10,15,19H,2,9H2,1H3. The van der Waals surface area contributed by atoms with Crippen LogP contribution in [0.4, 0.5) is 8.78 Å². The summed E-state index contributed by atoms with van der Waals surface area (Å²) in [6.45, 7) is 2.63. The fraction of sp³-hybridized carbons (Fsp3) is 0.267. The summed E-state index contributed by atoms with van der Waals surface area (Å²) in [5.74, 6) is -0.810. The van der Waals surface area contributed by atoms with Crippen molar-refractivity contribution < 1.29 is 8.78 Å². The molecule has 2 rings (SSSR count). The number of benzene rings is 1. The Balaban J connectivity index is 2.27. The average molecular weight is 262 g/mol. The van der Waals surface area contributed by atoms with Crippen molar-refractivity contribution >= 4 is 0 Å². The van der Waals surface area contributed by atoms with Crippen molar-refractivity contribution in [2.45, 2.75) is 19.4 Å². The second kappa shape index (κ2) is 6.38. The lowest BCUT2D eigenvalue weighted by Crippen LogP contribution is -2.24. The molecule has 1 aromatic heterocycles. The van der Waals surface area contributed by atoms with Crippen LogP contribution in [0.5, 0.6) is 0 Å². The molecule has 1 atom stereocenters. The molecule has 1 heterocycles. The van der Waals surface area contributed by atoms with Crippen LogP contribution in [0, 0.1) is 11.6 Å². The molecular formula is C15H16F2N2. The van der Waals surface area contributed by atoms with E-state index in [1.807, 2.05) is 19.1 Å². The molecule has 0 radical (unpaired) electrons. The molecule has 1 N–H and O–H groups in total. The van der Waals surface area contributed by atoms with Crippen molar-refractivity contribution in [1.82, 2.24) is 10.3 Å². The third-order valence-electron chi connectivity index (χ3n) is 2.97. The van der Waals surface area contributed by atoms with Gasteiger partial charge in [0, 0.05) is 24.0 Å². The lowest BCUT2D eigenvalue weighted by molar-refractivity contribution is 0.502. The third kappa shape index (κ3) is 3.58. The molecule has 0 saturated carbocycles. The van der Waals surface area contributed by atoms with Crippen LogP contribution in [0.2, 0.25) is 0 Å². The highest BCUT2D eigenvalue weighted by molar-refractivity contribution is 5.25. The summed E-state index contributed by atoms with van der Waals surface area (Å²) in [5.41, 5.74) is 1.39. The number of aromatic nitrogens is 1. The first kappa shape index (κ1) is 13.6. The molecule has 0 fully saturated rings. The molecule has 19 heavy (non-hydrogen) atoms. The zero-order valence-corrected chi connectivity index (χ0v) is 10.7. The number of nitrogens with one attached hydrogen (secondary N) is 1. The van der Waals surface area contributed by atoms with Gasteiger partial charge in [0.05, 0.1) is 0 Å². The fourth-order valence-corrected chi connectivity index (χ4v) is 2.07. The molecule has 0 spiro atoms. The number of hydrogen-bond donors (Lipinski definition) is 1. The molecule has 1 unspecified atom stereocenters. The zero-order chi connectivity index (χ0) is 13.7. The topological polar surface area (TPSA) is 24.9 Å². The molecule has 4 heteroatoms. The van der Waals surface area contributed by atoms with Gasteiger partial charge in [-0.05, 0) is 48.9 Å². The highest BCUT2D eigenvalue weighted by Crippen LogP contribution is 2.22. The van der Waals surface area contributed by atoms with Crippen LogP contribution in [-0.2, 0) is 6.42 Å². The Kier molecular flexibility index (Phi) is 4.58. The van der Waals surface area contributed by atoms with Gasteiger partial charge in [-0.2, -0.15) is 0 Å². The van der Waals surface area contributed by atoms with Crippen molar-refractivity contribution in [3.05, 3.63) is 65.5 Å². The van der Waals surface area contributed by atoms with Gasteiger partial charge in [-0.3, -0.25) is 4.98 Å². The van der Waals surface area contributed by atoms with Gasteiger partial charge in [-0.1, -0.05) is 6.92 Å². The molecule has 0 aliphatic rings. The summed E-state index contributed by atoms with van der Waals surface area (Å²) in [6.07, 6.45) is 3.98. The summed E-state index contributed by atoms with van der Waals surface area (Å²) in [6, 6.07) is 7.06. The SMILES string of the molecule is CCNC(Cc1ccncc1)c1cc(F)ccc1F. The Bertz CT molecular complexity index is 529. The van der Waals surface area contributed by atoms with Gasteiger partial charge in [-0.15, -0.1) is 0 Å². The van der Waals surface area contributed by atoms with E-state index in [9.17, 15) is 8.78 Å². The molecule has 2 nitrogen and oxygen atoms in total. The number of nitrogens with zero attached hydrogens (tertiary/aromatic N) is 1. The lowest BCUT2D eigenvalue weighted by atomic mass is 9.99. The smallest absolute Gasteiger partial charge is 0.128 e. The minimum absolute atomic E-state index is 0.247. The molecule has 0 aliphatic carbocycles. The van der Waals surface area contributed by atoms with Crippen LogP contribution in [0.1, 0.15) is 24.1 Å². The van der Waals surface area contributed by atoms with Gasteiger partial charge in [0.1, 0.15) is 11.6 Å². The summed E-state index contributed by atoms with van der Waals surface area (Å²) in [7, 11) is 0. The molecule has 0 amide bonds. The average Bonchev–Trinajstić information content (AvgIpc) is 2.42. The number of rotatable bonds is 5. The van der Waals surface area contributed by atoms with Crippen molar-refractivity contribution in [3.8, 4) is 0 Å². The number of likely N-dealkylation sites (N-methyl/N-ethyl adjacent to an activating group) is 1. The van der Waals surface area contributed by atoms with E-state index in [1.54, 1.807) is 12.4 Å². The van der Waals surface area contributed by atoms with Gasteiger partial charge in [0.2, 0.25) is 0 Å². The maximum atomic E-state index is 13.8. The van der Waals surface area contributed by atoms with Gasteiger partial charge < -0.3 is 5.32 Å². The Labute approximate surface area is 111 Å². The van der Waals surface area contributed by atoms with Crippen LogP contribution >= 0.6 is 0 Å². The quantitative estimate of drug-likeness (QED) is 0.894. The molecule has 2 aromatic rings. The minimum atomic E-state index is -0.422. The largest absolute Gasteiger partial charge is 0.310 e. The summed E-state index contributed by atoms with van der Waals surface area (Å²) < 4.78 is 27.1. The predicted molar refractivity (Wildman–Crippen MR) is 70.7 cm³/mol. The van der Waals surface area contributed by atoms with Gasteiger partial charge in [-0.25, -0.2) is 8.78 Å². The van der Waals surface area contributed by atoms with E-state index >= 15 is 0 Å². The third-order valence-corrected chi connectivity index (χ3v) is 2.97. The molecule has 1 aromatic carbocycles. The maximum Gasteiger partial charge on any atom is 0.128 e. The van der Waals surface area contributed by atoms with E-state index in [4.69, 9.17) is 0 Å². The van der Waals surface area contributed by atoms with Crippen LogP contribution in [0.3, 0.4) is 0 Å². The highest BCUT2D eigenvalue weighted by atomic mass is 19.1. The van der Waals surface area contributed by atoms with Gasteiger partial charge in [0.15, 0.2) is 0 Å². The Morgan fingerprint density at radius 2 is 1.89 bits per heavy atom. The van der Waals surface area contributed by atoms with Crippen molar-refractivity contribution in [3.63, 3.8) is 0 Å². The number of pyridine rings is 1. The van der Waals surface area contributed by atoms with Crippen LogP contribution < -0.4 is 5.32 Å². The summed E-state index contributed by atoms with van der Waals surface area (Å²) in [5, 5.41) is 3.19. The first-order valence-corrected chi connectivity index (χ1v) is 6.28. The van der Waals surface area contributed by atoms with Crippen LogP contribution in [-0.4, -0.2) is 11.5 Å². The van der Waals surface area contributed by atoms with Gasteiger partial charge in [0.25, 0.3) is 0 Å². The van der Waals surface area contributed by atoms with Crippen molar-refractivity contribution in [2.24, 2.45) is 0 Å². The second-order valence-electron chi connectivity index (χ2n) is 4.34. The van der Waals surface area contributed by atoms with Crippen molar-refractivity contribution in [1.29, 1.82) is 0 Å². The normalized spacial score (nSPS) is 12.4. The molecule has 0 aliphatic heterocycles. The first-order valence-electron chi connectivity index (χ1n) is 6.28. The maximum absolute atomic E-state index is 13.8. The summed E-state index contributed by atoms with van der Waals surface area (Å²) >= 11 is 0. The Hall–Kier alpha value is -1.81. The van der Waals surface area contributed by atoms with E-state index in [-0.39, 0.29) is 11.9 Å². The fourth-order valence-electron chi connectivity index (χ4n) is 2.07. The zero-order valence-electron chi connectivity index (χ0n) is 10.7. The van der Waals surface area contributed by atoms with E-state index in [2.05, 4.69) is 10.3 Å². The van der Waals surface area contributed by atoms with Crippen molar-refractivity contribution in [2.75, 3.05) is 6.54 Å². The van der Waals surface area contributed by atoms with Crippen LogP contribution in [0.15, 0.2) is 42.7 Å². The van der Waals surface area contributed by atoms with Gasteiger partial charge >= 0.3 is 0 Å². The van der Waals surface area contributed by atoms with E-state index < -0.39 is 5.82 Å². The van der Waals surface area contributed by atoms with E-state index in [0.717, 1.165) is 11.6 Å². The monoisotopic (exact) mass is 262 g/mol. The molecule has 100 valence electrons. The second-order valence-corrected chi connectivity index (χ2v) is 4.34. The predicted octanol–water partition coefficient (Wildman–Crippen LogP) is 3.25. The molecule has 0 bridgehead atoms. The minimum Gasteiger partial charge on any atom is -0.310 e. The molecular weight excluding hydrogens is 246 g/mol.